The standard InChI is InChI=1S/C25H32O4S/c1-7-17-9-10-19(15-18(17)8-2)25(5,6)23(28)29-20-11-13-21(14-12-20)30-16-24(3,4)22(26)27/h9-15H,7-8,16H2,1-6H3,(H,26,27). The Morgan fingerprint density at radius 1 is 0.933 bits per heavy atom. The maximum atomic E-state index is 12.9. The molecule has 0 aliphatic heterocycles. The first-order chi connectivity index (χ1) is 14.0. The Morgan fingerprint density at radius 2 is 1.53 bits per heavy atom. The van der Waals surface area contributed by atoms with Gasteiger partial charge in [-0.25, -0.2) is 0 Å². The minimum atomic E-state index is -0.819. The fourth-order valence-electron chi connectivity index (χ4n) is 2.97. The van der Waals surface area contributed by atoms with Crippen LogP contribution in [0.5, 0.6) is 5.75 Å². The Kier molecular flexibility index (Phi) is 7.75. The molecule has 2 aromatic carbocycles. The van der Waals surface area contributed by atoms with Crippen LogP contribution in [0.3, 0.4) is 0 Å². The molecule has 162 valence electrons. The quantitative estimate of drug-likeness (QED) is 0.306. The molecular weight excluding hydrogens is 396 g/mol. The molecule has 0 amide bonds. The van der Waals surface area contributed by atoms with Gasteiger partial charge >= 0.3 is 11.9 Å². The van der Waals surface area contributed by atoms with Gasteiger partial charge in [-0.1, -0.05) is 32.0 Å². The number of hydrogen-bond acceptors (Lipinski definition) is 4. The number of carboxylic acid groups (broad SMARTS) is 1. The van der Waals surface area contributed by atoms with Gasteiger partial charge in [0.15, 0.2) is 0 Å². The molecule has 5 heteroatoms. The SMILES string of the molecule is CCc1ccc(C(C)(C)C(=O)Oc2ccc(SCC(C)(C)C(=O)O)cc2)cc1CC. The topological polar surface area (TPSA) is 63.6 Å². The molecule has 0 saturated heterocycles. The smallest absolute Gasteiger partial charge is 0.321 e. The van der Waals surface area contributed by atoms with E-state index in [4.69, 9.17) is 4.74 Å². The second-order valence-corrected chi connectivity index (χ2v) is 9.70. The van der Waals surface area contributed by atoms with Crippen LogP contribution in [0.2, 0.25) is 0 Å². The molecule has 1 N–H and O–H groups in total. The minimum Gasteiger partial charge on any atom is -0.481 e. The van der Waals surface area contributed by atoms with Gasteiger partial charge in [0.1, 0.15) is 5.75 Å². The van der Waals surface area contributed by atoms with Gasteiger partial charge in [0.25, 0.3) is 0 Å². The van der Waals surface area contributed by atoms with Crippen molar-refractivity contribution in [1.82, 2.24) is 0 Å². The van der Waals surface area contributed by atoms with Gasteiger partial charge in [0, 0.05) is 10.6 Å². The molecule has 0 fully saturated rings. The number of carbonyl (C=O) groups is 2. The molecule has 0 bridgehead atoms. The molecular formula is C25H32O4S. The normalized spacial score (nSPS) is 11.9. The van der Waals surface area contributed by atoms with Gasteiger partial charge in [-0.3, -0.25) is 9.59 Å². The van der Waals surface area contributed by atoms with Gasteiger partial charge in [-0.05, 0) is 81.5 Å². The number of aliphatic carboxylic acids is 1. The first kappa shape index (κ1) is 24.0. The molecule has 0 saturated carbocycles. The van der Waals surface area contributed by atoms with E-state index in [1.165, 1.54) is 22.9 Å². The zero-order valence-electron chi connectivity index (χ0n) is 18.7. The summed E-state index contributed by atoms with van der Waals surface area (Å²) in [5.74, 6) is -0.180. The summed E-state index contributed by atoms with van der Waals surface area (Å²) >= 11 is 1.47. The highest BCUT2D eigenvalue weighted by Gasteiger charge is 2.32. The van der Waals surface area contributed by atoms with Crippen LogP contribution in [-0.4, -0.2) is 22.8 Å². The van der Waals surface area contributed by atoms with E-state index in [0.717, 1.165) is 23.3 Å². The Labute approximate surface area is 184 Å². The Morgan fingerprint density at radius 3 is 2.07 bits per heavy atom. The summed E-state index contributed by atoms with van der Waals surface area (Å²) in [6, 6.07) is 13.4. The van der Waals surface area contributed by atoms with Crippen molar-refractivity contribution in [2.24, 2.45) is 5.41 Å². The lowest BCUT2D eigenvalue weighted by molar-refractivity contribution is -0.145. The summed E-state index contributed by atoms with van der Waals surface area (Å²) in [6.07, 6.45) is 1.91. The molecule has 0 atom stereocenters. The van der Waals surface area contributed by atoms with E-state index >= 15 is 0 Å². The molecule has 0 aliphatic rings. The van der Waals surface area contributed by atoms with Crippen LogP contribution in [0, 0.1) is 5.41 Å². The number of rotatable bonds is 9. The van der Waals surface area contributed by atoms with Crippen LogP contribution in [0.4, 0.5) is 0 Å². The number of carboxylic acids is 1. The Hall–Kier alpha value is -2.27. The monoisotopic (exact) mass is 428 g/mol. The van der Waals surface area contributed by atoms with Crippen LogP contribution in [-0.2, 0) is 27.8 Å². The fraction of sp³-hybridized carbons (Fsp3) is 0.440. The van der Waals surface area contributed by atoms with E-state index in [2.05, 4.69) is 26.0 Å². The highest BCUT2D eigenvalue weighted by atomic mass is 32.2. The lowest BCUT2D eigenvalue weighted by atomic mass is 9.82. The molecule has 2 rings (SSSR count). The van der Waals surface area contributed by atoms with Crippen molar-refractivity contribution in [3.63, 3.8) is 0 Å². The summed E-state index contributed by atoms with van der Waals surface area (Å²) in [4.78, 5) is 25.1. The number of esters is 1. The van der Waals surface area contributed by atoms with E-state index in [9.17, 15) is 14.7 Å². The Balaban J connectivity index is 2.08. The fourth-order valence-corrected chi connectivity index (χ4v) is 3.95. The molecule has 30 heavy (non-hydrogen) atoms. The number of benzene rings is 2. The molecule has 0 aliphatic carbocycles. The van der Waals surface area contributed by atoms with Crippen molar-refractivity contribution in [3.8, 4) is 5.75 Å². The average molecular weight is 429 g/mol. The van der Waals surface area contributed by atoms with Crippen LogP contribution >= 0.6 is 11.8 Å². The number of thioether (sulfide) groups is 1. The van der Waals surface area contributed by atoms with Crippen molar-refractivity contribution < 1.29 is 19.4 Å². The highest BCUT2D eigenvalue weighted by molar-refractivity contribution is 7.99. The summed E-state index contributed by atoms with van der Waals surface area (Å²) in [5, 5.41) is 9.22. The molecule has 0 unspecified atom stereocenters. The van der Waals surface area contributed by atoms with Gasteiger partial charge in [-0.15, -0.1) is 11.8 Å². The maximum Gasteiger partial charge on any atom is 0.321 e. The van der Waals surface area contributed by atoms with E-state index in [1.807, 2.05) is 32.0 Å². The number of ether oxygens (including phenoxy) is 1. The molecule has 2 aromatic rings. The summed E-state index contributed by atoms with van der Waals surface area (Å²) < 4.78 is 5.66. The zero-order valence-corrected chi connectivity index (χ0v) is 19.6. The predicted octanol–water partition coefficient (Wildman–Crippen LogP) is 5.90. The van der Waals surface area contributed by atoms with Gasteiger partial charge < -0.3 is 9.84 Å². The lowest BCUT2D eigenvalue weighted by Gasteiger charge is -2.24. The third-order valence-electron chi connectivity index (χ3n) is 5.41. The Bertz CT molecular complexity index is 898. The zero-order chi connectivity index (χ0) is 22.5. The molecule has 0 heterocycles. The van der Waals surface area contributed by atoms with E-state index < -0.39 is 16.8 Å². The number of aryl methyl sites for hydroxylation is 2. The van der Waals surface area contributed by atoms with Crippen LogP contribution in [0.15, 0.2) is 47.4 Å². The van der Waals surface area contributed by atoms with Crippen LogP contribution < -0.4 is 4.74 Å². The average Bonchev–Trinajstić information content (AvgIpc) is 2.72. The summed E-state index contributed by atoms with van der Waals surface area (Å²) in [5.41, 5.74) is 1.95. The second kappa shape index (κ2) is 9.69. The van der Waals surface area contributed by atoms with Crippen molar-refractivity contribution in [3.05, 3.63) is 59.2 Å². The summed E-state index contributed by atoms with van der Waals surface area (Å²) in [7, 11) is 0. The van der Waals surface area contributed by atoms with Crippen molar-refractivity contribution in [2.75, 3.05) is 5.75 Å². The third kappa shape index (κ3) is 5.66. The molecule has 0 spiro atoms. The highest BCUT2D eigenvalue weighted by Crippen LogP contribution is 2.31. The van der Waals surface area contributed by atoms with E-state index in [1.54, 1.807) is 26.0 Å². The molecule has 0 aromatic heterocycles. The van der Waals surface area contributed by atoms with Crippen molar-refractivity contribution in [2.45, 2.75) is 64.7 Å². The van der Waals surface area contributed by atoms with E-state index in [-0.39, 0.29) is 5.97 Å². The van der Waals surface area contributed by atoms with Crippen LogP contribution in [0.1, 0.15) is 58.2 Å². The van der Waals surface area contributed by atoms with Crippen LogP contribution in [0.25, 0.3) is 0 Å². The van der Waals surface area contributed by atoms with Gasteiger partial charge in [-0.2, -0.15) is 0 Å². The largest absolute Gasteiger partial charge is 0.481 e. The maximum absolute atomic E-state index is 12.9. The first-order valence-electron chi connectivity index (χ1n) is 10.3. The summed E-state index contributed by atoms with van der Waals surface area (Å²) in [6.45, 7) is 11.4. The minimum absolute atomic E-state index is 0.304. The van der Waals surface area contributed by atoms with E-state index in [0.29, 0.717) is 11.5 Å². The lowest BCUT2D eigenvalue weighted by Crippen LogP contribution is -2.33. The second-order valence-electron chi connectivity index (χ2n) is 8.65. The number of carbonyl (C=O) groups excluding carboxylic acids is 1. The number of hydrogen-bond donors (Lipinski definition) is 1. The van der Waals surface area contributed by atoms with Crippen molar-refractivity contribution >= 4 is 23.7 Å². The first-order valence-corrected chi connectivity index (χ1v) is 11.3. The van der Waals surface area contributed by atoms with Crippen molar-refractivity contribution in [1.29, 1.82) is 0 Å². The molecule has 0 radical (unpaired) electrons. The third-order valence-corrected chi connectivity index (χ3v) is 6.88. The predicted molar refractivity (Wildman–Crippen MR) is 122 cm³/mol. The molecule has 4 nitrogen and oxygen atoms in total. The van der Waals surface area contributed by atoms with Gasteiger partial charge in [0.2, 0.25) is 0 Å². The van der Waals surface area contributed by atoms with Gasteiger partial charge in [0.05, 0.1) is 10.8 Å².